The van der Waals surface area contributed by atoms with E-state index in [9.17, 15) is 4.79 Å². The number of hydrogen-bond acceptors (Lipinski definition) is 5. The number of likely N-dealkylation sites (N-methyl/N-ethyl adjacent to an activating group) is 1. The molecular weight excluding hydrogens is 433 g/mol. The van der Waals surface area contributed by atoms with Crippen molar-refractivity contribution in [3.8, 4) is 0 Å². The van der Waals surface area contributed by atoms with Gasteiger partial charge in [-0.15, -0.1) is 37.2 Å². The summed E-state index contributed by atoms with van der Waals surface area (Å²) in [5, 5.41) is 6.57. The van der Waals surface area contributed by atoms with Crippen LogP contribution in [0.5, 0.6) is 0 Å². The lowest BCUT2D eigenvalue weighted by Crippen LogP contribution is -2.45. The van der Waals surface area contributed by atoms with E-state index in [2.05, 4.69) is 45.5 Å². The van der Waals surface area contributed by atoms with Crippen LogP contribution in [0.15, 0.2) is 18.3 Å². The number of piperidine rings is 1. The highest BCUT2D eigenvalue weighted by molar-refractivity contribution is 5.86. The second-order valence-corrected chi connectivity index (χ2v) is 7.84. The van der Waals surface area contributed by atoms with E-state index in [1.165, 1.54) is 12.8 Å². The van der Waals surface area contributed by atoms with Crippen molar-refractivity contribution in [2.45, 2.75) is 32.7 Å². The predicted molar refractivity (Wildman–Crippen MR) is 127 cm³/mol. The minimum Gasteiger partial charge on any atom is -0.354 e. The van der Waals surface area contributed by atoms with Gasteiger partial charge in [-0.05, 0) is 50.9 Å². The molecule has 0 aromatic carbocycles. The molecule has 2 N–H and O–H groups in total. The van der Waals surface area contributed by atoms with E-state index in [0.29, 0.717) is 24.8 Å². The van der Waals surface area contributed by atoms with Crippen LogP contribution in [-0.4, -0.2) is 62.1 Å². The van der Waals surface area contributed by atoms with Crippen molar-refractivity contribution in [1.82, 2.24) is 20.5 Å². The van der Waals surface area contributed by atoms with Crippen LogP contribution >= 0.6 is 37.2 Å². The Hall–Kier alpha value is -0.790. The van der Waals surface area contributed by atoms with Crippen molar-refractivity contribution in [3.63, 3.8) is 0 Å². The molecule has 6 nitrogen and oxygen atoms in total. The second kappa shape index (κ2) is 14.3. The monoisotopic (exact) mass is 467 g/mol. The number of carbonyl (C=O) groups excluding carboxylic acids is 1. The molecule has 2 aliphatic heterocycles. The summed E-state index contributed by atoms with van der Waals surface area (Å²) in [5.41, 5.74) is 1.11. The fraction of sp³-hybridized carbons (Fsp3) is 0.700. The highest BCUT2D eigenvalue weighted by atomic mass is 35.5. The van der Waals surface area contributed by atoms with Crippen LogP contribution in [-0.2, 0) is 11.3 Å². The number of halogens is 3. The van der Waals surface area contributed by atoms with E-state index in [4.69, 9.17) is 0 Å². The van der Waals surface area contributed by atoms with E-state index in [1.807, 2.05) is 12.3 Å². The largest absolute Gasteiger partial charge is 0.354 e. The van der Waals surface area contributed by atoms with Gasteiger partial charge in [0.25, 0.3) is 0 Å². The molecule has 1 amide bonds. The van der Waals surface area contributed by atoms with Gasteiger partial charge in [-0.2, -0.15) is 0 Å². The molecule has 9 heteroatoms. The average Bonchev–Trinajstić information content (AvgIpc) is 2.68. The molecule has 3 rings (SSSR count). The Bertz CT molecular complexity index is 593. The zero-order valence-electron chi connectivity index (χ0n) is 17.4. The molecule has 0 saturated carbocycles. The summed E-state index contributed by atoms with van der Waals surface area (Å²) in [6, 6.07) is 4.03. The predicted octanol–water partition coefficient (Wildman–Crippen LogP) is 2.74. The maximum atomic E-state index is 12.4. The number of rotatable bonds is 6. The number of amides is 1. The first kappa shape index (κ1) is 28.2. The Morgan fingerprint density at radius 3 is 2.66 bits per heavy atom. The third-order valence-corrected chi connectivity index (χ3v) is 5.79. The lowest BCUT2D eigenvalue weighted by molar-refractivity contribution is -0.122. The van der Waals surface area contributed by atoms with E-state index >= 15 is 0 Å². The van der Waals surface area contributed by atoms with Crippen molar-refractivity contribution in [3.05, 3.63) is 23.9 Å². The first-order valence-corrected chi connectivity index (χ1v) is 9.98. The summed E-state index contributed by atoms with van der Waals surface area (Å²) in [7, 11) is 2.15. The van der Waals surface area contributed by atoms with E-state index < -0.39 is 0 Å². The van der Waals surface area contributed by atoms with Gasteiger partial charge < -0.3 is 20.4 Å². The molecule has 3 heterocycles. The number of nitrogens with one attached hydrogen (secondary N) is 2. The van der Waals surface area contributed by atoms with Gasteiger partial charge in [0.2, 0.25) is 5.91 Å². The highest BCUT2D eigenvalue weighted by Gasteiger charge is 2.22. The number of hydrogen-bond donors (Lipinski definition) is 2. The fourth-order valence-electron chi connectivity index (χ4n) is 3.96. The van der Waals surface area contributed by atoms with Gasteiger partial charge in [0, 0.05) is 50.9 Å². The van der Waals surface area contributed by atoms with Gasteiger partial charge in [0.1, 0.15) is 5.82 Å². The van der Waals surface area contributed by atoms with Gasteiger partial charge in [-0.3, -0.25) is 4.79 Å². The lowest BCUT2D eigenvalue weighted by Gasteiger charge is -2.34. The van der Waals surface area contributed by atoms with Crippen LogP contribution in [0.1, 0.15) is 31.7 Å². The van der Waals surface area contributed by atoms with Crippen LogP contribution in [0.4, 0.5) is 5.82 Å². The van der Waals surface area contributed by atoms with Gasteiger partial charge in [0.05, 0.1) is 0 Å². The summed E-state index contributed by atoms with van der Waals surface area (Å²) in [4.78, 5) is 21.7. The number of aromatic nitrogens is 1. The Morgan fingerprint density at radius 1 is 1.28 bits per heavy atom. The van der Waals surface area contributed by atoms with E-state index in [0.717, 1.165) is 50.6 Å². The summed E-state index contributed by atoms with van der Waals surface area (Å²) >= 11 is 0. The van der Waals surface area contributed by atoms with Crippen molar-refractivity contribution in [2.24, 2.45) is 11.8 Å². The molecule has 2 atom stereocenters. The van der Waals surface area contributed by atoms with E-state index in [1.54, 1.807) is 0 Å². The molecule has 0 aliphatic carbocycles. The van der Waals surface area contributed by atoms with Crippen molar-refractivity contribution in [1.29, 1.82) is 0 Å². The van der Waals surface area contributed by atoms with Crippen molar-refractivity contribution < 1.29 is 4.79 Å². The van der Waals surface area contributed by atoms with Crippen LogP contribution in [0.3, 0.4) is 0 Å². The van der Waals surface area contributed by atoms with Gasteiger partial charge in [-0.25, -0.2) is 4.98 Å². The summed E-state index contributed by atoms with van der Waals surface area (Å²) in [5.74, 6) is 2.21. The standard InChI is InChI=1S/C20H33N5O.3ClH/c1-16(17-5-3-7-21-14-17)13-19(26)23-15-18-6-4-8-22-20(18)25-11-9-24(2)10-12-25;;;/h4,6,8,16-17,21H,3,5,7,9-15H2,1-2H3,(H,23,26);3*1H. The minimum absolute atomic E-state index is 0. The molecule has 1 aromatic heterocycles. The molecule has 2 saturated heterocycles. The van der Waals surface area contributed by atoms with Crippen molar-refractivity contribution >= 4 is 48.9 Å². The third-order valence-electron chi connectivity index (χ3n) is 5.79. The molecular formula is C20H36Cl3N5O. The number of carbonyl (C=O) groups is 1. The first-order valence-electron chi connectivity index (χ1n) is 9.98. The topological polar surface area (TPSA) is 60.5 Å². The summed E-state index contributed by atoms with van der Waals surface area (Å²) in [6.07, 6.45) is 4.91. The highest BCUT2D eigenvalue weighted by Crippen LogP contribution is 2.23. The normalized spacial score (nSPS) is 20.5. The second-order valence-electron chi connectivity index (χ2n) is 7.84. The van der Waals surface area contributed by atoms with Crippen LogP contribution in [0.2, 0.25) is 0 Å². The van der Waals surface area contributed by atoms with Gasteiger partial charge in [0.15, 0.2) is 0 Å². The Kier molecular flexibility index (Phi) is 13.9. The number of piperazine rings is 1. The zero-order valence-corrected chi connectivity index (χ0v) is 19.9. The molecule has 29 heavy (non-hydrogen) atoms. The van der Waals surface area contributed by atoms with Crippen molar-refractivity contribution in [2.75, 3.05) is 51.2 Å². The Balaban J connectivity index is 0.00000261. The van der Waals surface area contributed by atoms with Crippen LogP contribution in [0.25, 0.3) is 0 Å². The maximum absolute atomic E-state index is 12.4. The van der Waals surface area contributed by atoms with Crippen LogP contribution in [0, 0.1) is 11.8 Å². The van der Waals surface area contributed by atoms with Gasteiger partial charge in [-0.1, -0.05) is 13.0 Å². The number of pyridine rings is 1. The summed E-state index contributed by atoms with van der Waals surface area (Å²) < 4.78 is 0. The number of anilines is 1. The quantitative estimate of drug-likeness (QED) is 0.672. The maximum Gasteiger partial charge on any atom is 0.220 e. The molecule has 0 radical (unpaired) electrons. The fourth-order valence-corrected chi connectivity index (χ4v) is 3.96. The Morgan fingerprint density at radius 2 is 2.00 bits per heavy atom. The molecule has 0 spiro atoms. The molecule has 2 aliphatic rings. The van der Waals surface area contributed by atoms with E-state index in [-0.39, 0.29) is 43.1 Å². The lowest BCUT2D eigenvalue weighted by atomic mass is 9.85. The van der Waals surface area contributed by atoms with Gasteiger partial charge >= 0.3 is 0 Å². The average molecular weight is 469 g/mol. The zero-order chi connectivity index (χ0) is 18.4. The molecule has 168 valence electrons. The molecule has 0 bridgehead atoms. The molecule has 1 aromatic rings. The van der Waals surface area contributed by atoms with Crippen LogP contribution < -0.4 is 15.5 Å². The minimum atomic E-state index is 0. The smallest absolute Gasteiger partial charge is 0.220 e. The Labute approximate surface area is 193 Å². The molecule has 2 unspecified atom stereocenters. The number of nitrogens with zero attached hydrogens (tertiary/aromatic N) is 3. The SMILES string of the molecule is CC(CC(=O)NCc1cccnc1N1CCN(C)CC1)C1CCCNC1.Cl.Cl.Cl. The molecule has 2 fully saturated rings. The third kappa shape index (κ3) is 8.46. The summed E-state index contributed by atoms with van der Waals surface area (Å²) in [6.45, 7) is 9.00. The first-order chi connectivity index (χ1) is 12.6.